The molecule has 5 unspecified atom stereocenters. The smallest absolute Gasteiger partial charge is 0.163 e. The molecule has 0 amide bonds. The van der Waals surface area contributed by atoms with Crippen molar-refractivity contribution in [2.75, 3.05) is 12.3 Å². The number of aliphatic hydroxyl groups excluding tert-OH is 1. The SMILES string of the molecule is C=C/C=C\c1c(C(C)C2OC(C)(C)OC2C(O)C2COC(C)(C)O2)c[nH]c1N. The van der Waals surface area contributed by atoms with Gasteiger partial charge in [0.25, 0.3) is 0 Å². The standard InChI is InChI=1S/C21H32N2O5/c1-7-8-9-13-14(10-23-19(13)22)12(2)17-18(28-21(5,6)27-17)16(24)15-11-25-20(3,4)26-15/h7-10,12,15-18,23-24H,1,11,22H2,2-6H3/b9-8-. The molecular weight excluding hydrogens is 360 g/mol. The molecule has 5 atom stereocenters. The lowest BCUT2D eigenvalue weighted by Gasteiger charge is -2.29. The molecule has 0 aromatic carbocycles. The van der Waals surface area contributed by atoms with Crippen molar-refractivity contribution in [2.24, 2.45) is 0 Å². The van der Waals surface area contributed by atoms with Gasteiger partial charge in [0.15, 0.2) is 11.6 Å². The summed E-state index contributed by atoms with van der Waals surface area (Å²) in [6, 6.07) is 0. The van der Waals surface area contributed by atoms with Crippen LogP contribution in [0, 0.1) is 0 Å². The Labute approximate surface area is 166 Å². The van der Waals surface area contributed by atoms with Crippen LogP contribution < -0.4 is 5.73 Å². The highest BCUT2D eigenvalue weighted by molar-refractivity contribution is 5.67. The Morgan fingerprint density at radius 1 is 1.21 bits per heavy atom. The molecule has 28 heavy (non-hydrogen) atoms. The number of H-pyrrole nitrogens is 1. The van der Waals surface area contributed by atoms with Crippen molar-refractivity contribution in [3.05, 3.63) is 36.1 Å². The molecule has 0 saturated carbocycles. The molecular formula is C21H32N2O5. The van der Waals surface area contributed by atoms with E-state index in [9.17, 15) is 5.11 Å². The van der Waals surface area contributed by atoms with Gasteiger partial charge in [0.05, 0.1) is 12.7 Å². The summed E-state index contributed by atoms with van der Waals surface area (Å²) in [4.78, 5) is 3.07. The zero-order valence-electron chi connectivity index (χ0n) is 17.3. The first-order valence-electron chi connectivity index (χ1n) is 9.66. The number of rotatable bonds is 6. The molecule has 7 nitrogen and oxygen atoms in total. The summed E-state index contributed by atoms with van der Waals surface area (Å²) in [5.74, 6) is -1.06. The molecule has 0 radical (unpaired) electrons. The number of hydrogen-bond donors (Lipinski definition) is 3. The van der Waals surface area contributed by atoms with Crippen LogP contribution in [-0.4, -0.2) is 52.7 Å². The van der Waals surface area contributed by atoms with Gasteiger partial charge in [0, 0.05) is 17.7 Å². The van der Waals surface area contributed by atoms with E-state index in [-0.39, 0.29) is 12.0 Å². The Balaban J connectivity index is 1.86. The molecule has 4 N–H and O–H groups in total. The lowest BCUT2D eigenvalue weighted by Crippen LogP contribution is -2.46. The Kier molecular flexibility index (Phi) is 5.76. The molecule has 2 fully saturated rings. The number of aromatic nitrogens is 1. The highest BCUT2D eigenvalue weighted by Gasteiger charge is 2.51. The minimum absolute atomic E-state index is 0.0882. The quantitative estimate of drug-likeness (QED) is 0.644. The molecule has 0 aliphatic carbocycles. The predicted molar refractivity (Wildman–Crippen MR) is 108 cm³/mol. The molecule has 3 heterocycles. The number of nitrogens with two attached hydrogens (primary N) is 1. The van der Waals surface area contributed by atoms with Crippen LogP contribution in [0.4, 0.5) is 5.82 Å². The van der Waals surface area contributed by atoms with Crippen LogP contribution >= 0.6 is 0 Å². The minimum atomic E-state index is -0.889. The largest absolute Gasteiger partial charge is 0.387 e. The summed E-state index contributed by atoms with van der Waals surface area (Å²) >= 11 is 0. The molecule has 0 bridgehead atoms. The average Bonchev–Trinajstić information content (AvgIpc) is 3.26. The second kappa shape index (κ2) is 7.65. The minimum Gasteiger partial charge on any atom is -0.387 e. The zero-order chi connectivity index (χ0) is 20.7. The van der Waals surface area contributed by atoms with E-state index in [4.69, 9.17) is 24.7 Å². The molecule has 7 heteroatoms. The fraction of sp³-hybridized carbons (Fsp3) is 0.619. The fourth-order valence-electron chi connectivity index (χ4n) is 3.93. The molecule has 3 rings (SSSR count). The van der Waals surface area contributed by atoms with Crippen molar-refractivity contribution >= 4 is 11.9 Å². The van der Waals surface area contributed by atoms with Crippen molar-refractivity contribution < 1.29 is 24.1 Å². The van der Waals surface area contributed by atoms with E-state index in [1.807, 2.05) is 53.0 Å². The Bertz CT molecular complexity index is 739. The van der Waals surface area contributed by atoms with E-state index in [1.165, 1.54) is 0 Å². The van der Waals surface area contributed by atoms with E-state index in [2.05, 4.69) is 11.6 Å². The van der Waals surface area contributed by atoms with Crippen LogP contribution in [0.5, 0.6) is 0 Å². The van der Waals surface area contributed by atoms with E-state index in [0.717, 1.165) is 11.1 Å². The van der Waals surface area contributed by atoms with Crippen molar-refractivity contribution in [1.82, 2.24) is 4.98 Å². The van der Waals surface area contributed by atoms with Crippen LogP contribution in [0.25, 0.3) is 6.08 Å². The van der Waals surface area contributed by atoms with Gasteiger partial charge in [-0.25, -0.2) is 0 Å². The van der Waals surface area contributed by atoms with Crippen LogP contribution in [0.3, 0.4) is 0 Å². The van der Waals surface area contributed by atoms with Gasteiger partial charge in [0.2, 0.25) is 0 Å². The maximum Gasteiger partial charge on any atom is 0.163 e. The molecule has 0 spiro atoms. The molecule has 156 valence electrons. The van der Waals surface area contributed by atoms with Gasteiger partial charge < -0.3 is 34.8 Å². The fourth-order valence-corrected chi connectivity index (χ4v) is 3.93. The Morgan fingerprint density at radius 3 is 2.50 bits per heavy atom. The summed E-state index contributed by atoms with van der Waals surface area (Å²) in [6.45, 7) is 13.4. The maximum atomic E-state index is 11.0. The summed E-state index contributed by atoms with van der Waals surface area (Å²) in [7, 11) is 0. The highest BCUT2D eigenvalue weighted by atomic mass is 16.8. The van der Waals surface area contributed by atoms with E-state index in [0.29, 0.717) is 12.4 Å². The van der Waals surface area contributed by atoms with Gasteiger partial charge in [0.1, 0.15) is 24.1 Å². The lowest BCUT2D eigenvalue weighted by atomic mass is 9.88. The number of allylic oxidation sites excluding steroid dienone is 2. The first kappa shape index (κ1) is 21.1. The lowest BCUT2D eigenvalue weighted by molar-refractivity contribution is -0.178. The molecule has 2 saturated heterocycles. The Hall–Kier alpha value is -1.64. The number of aliphatic hydroxyl groups is 1. The number of hydrogen-bond acceptors (Lipinski definition) is 6. The van der Waals surface area contributed by atoms with Crippen LogP contribution in [0.15, 0.2) is 24.9 Å². The first-order chi connectivity index (χ1) is 13.0. The van der Waals surface area contributed by atoms with E-state index >= 15 is 0 Å². The van der Waals surface area contributed by atoms with Gasteiger partial charge >= 0.3 is 0 Å². The summed E-state index contributed by atoms with van der Waals surface area (Å²) < 4.78 is 23.8. The maximum absolute atomic E-state index is 11.0. The predicted octanol–water partition coefficient (Wildman–Crippen LogP) is 2.93. The first-order valence-corrected chi connectivity index (χ1v) is 9.66. The molecule has 1 aromatic heterocycles. The van der Waals surface area contributed by atoms with Crippen LogP contribution in [-0.2, 0) is 18.9 Å². The van der Waals surface area contributed by atoms with Crippen molar-refractivity contribution in [3.63, 3.8) is 0 Å². The topological polar surface area (TPSA) is 99.0 Å². The number of aromatic amines is 1. The van der Waals surface area contributed by atoms with Crippen molar-refractivity contribution in [1.29, 1.82) is 0 Å². The average molecular weight is 392 g/mol. The number of nitrogens with one attached hydrogen (secondary N) is 1. The molecule has 2 aliphatic heterocycles. The third-order valence-electron chi connectivity index (χ3n) is 5.28. The second-order valence-corrected chi connectivity index (χ2v) is 8.38. The molecule has 1 aromatic rings. The van der Waals surface area contributed by atoms with Gasteiger partial charge in [-0.3, -0.25) is 0 Å². The number of anilines is 1. The number of ether oxygens (including phenoxy) is 4. The van der Waals surface area contributed by atoms with Crippen LogP contribution in [0.1, 0.15) is 51.7 Å². The third-order valence-corrected chi connectivity index (χ3v) is 5.28. The molecule has 2 aliphatic rings. The van der Waals surface area contributed by atoms with Gasteiger partial charge in [-0.2, -0.15) is 0 Å². The van der Waals surface area contributed by atoms with E-state index in [1.54, 1.807) is 6.08 Å². The highest BCUT2D eigenvalue weighted by Crippen LogP contribution is 2.41. The zero-order valence-corrected chi connectivity index (χ0v) is 17.3. The van der Waals surface area contributed by atoms with Gasteiger partial charge in [-0.15, -0.1) is 0 Å². The number of nitrogen functional groups attached to an aromatic ring is 1. The summed E-state index contributed by atoms with van der Waals surface area (Å²) in [6.07, 6.45) is 4.99. The third kappa shape index (κ3) is 4.18. The summed E-state index contributed by atoms with van der Waals surface area (Å²) in [5, 5.41) is 11.0. The normalized spacial score (nSPS) is 31.3. The van der Waals surface area contributed by atoms with Crippen molar-refractivity contribution in [2.45, 2.75) is 76.5 Å². The van der Waals surface area contributed by atoms with Gasteiger partial charge in [-0.1, -0.05) is 31.7 Å². The van der Waals surface area contributed by atoms with E-state index < -0.39 is 29.9 Å². The Morgan fingerprint density at radius 2 is 1.89 bits per heavy atom. The second-order valence-electron chi connectivity index (χ2n) is 8.38. The monoisotopic (exact) mass is 392 g/mol. The van der Waals surface area contributed by atoms with Crippen molar-refractivity contribution in [3.8, 4) is 0 Å². The summed E-state index contributed by atoms with van der Waals surface area (Å²) in [5.41, 5.74) is 7.97. The van der Waals surface area contributed by atoms with Crippen LogP contribution in [0.2, 0.25) is 0 Å². The van der Waals surface area contributed by atoms with Gasteiger partial charge in [-0.05, 0) is 33.3 Å².